The highest BCUT2D eigenvalue weighted by molar-refractivity contribution is 6.09. The number of hydrogen-bond acceptors (Lipinski definition) is 8. The van der Waals surface area contributed by atoms with E-state index < -0.39 is 11.7 Å². The Morgan fingerprint density at radius 1 is 1.00 bits per heavy atom. The molecule has 0 aliphatic carbocycles. The third-order valence-corrected chi connectivity index (χ3v) is 7.75. The summed E-state index contributed by atoms with van der Waals surface area (Å²) in [7, 11) is 3.10. The van der Waals surface area contributed by atoms with Gasteiger partial charge in [-0.25, -0.2) is 4.98 Å². The van der Waals surface area contributed by atoms with Crippen LogP contribution in [0.4, 0.5) is 0 Å². The van der Waals surface area contributed by atoms with Crippen LogP contribution in [0.1, 0.15) is 50.5 Å². The highest BCUT2D eigenvalue weighted by Crippen LogP contribution is 2.46. The maximum absolute atomic E-state index is 13.3. The minimum Gasteiger partial charge on any atom is -0.493 e. The van der Waals surface area contributed by atoms with Gasteiger partial charge in [0, 0.05) is 29.8 Å². The highest BCUT2D eigenvalue weighted by atomic mass is 16.5. The lowest BCUT2D eigenvalue weighted by Crippen LogP contribution is -2.27. The Morgan fingerprint density at radius 3 is 2.53 bits per heavy atom. The Morgan fingerprint density at radius 2 is 1.81 bits per heavy atom. The molecule has 1 atom stereocenters. The average Bonchev–Trinajstić information content (AvgIpc) is 2.99. The molecule has 43 heavy (non-hydrogen) atoms. The smallest absolute Gasteiger partial charge is 0.319 e. The van der Waals surface area contributed by atoms with Gasteiger partial charge in [-0.05, 0) is 97.5 Å². The lowest BCUT2D eigenvalue weighted by molar-refractivity contribution is -0.138. The van der Waals surface area contributed by atoms with Gasteiger partial charge in [0.15, 0.2) is 5.78 Å². The van der Waals surface area contributed by atoms with Crippen molar-refractivity contribution in [3.05, 3.63) is 71.5 Å². The van der Waals surface area contributed by atoms with E-state index in [1.54, 1.807) is 20.2 Å². The van der Waals surface area contributed by atoms with Gasteiger partial charge in [-0.3, -0.25) is 9.78 Å². The molecule has 0 saturated carbocycles. The van der Waals surface area contributed by atoms with Crippen LogP contribution in [0, 0.1) is 6.92 Å². The summed E-state index contributed by atoms with van der Waals surface area (Å²) in [4.78, 5) is 26.8. The Balaban J connectivity index is 1.67. The first-order valence-corrected chi connectivity index (χ1v) is 14.3. The number of ketones is 1. The number of pyridine rings is 1. The van der Waals surface area contributed by atoms with E-state index in [0.717, 1.165) is 67.2 Å². The standard InChI is InChI=1S/C35H35N3O5/c1-19-16-23-17-22(26-18-37-34(41-7)38-33(26)40-6)8-9-24(23)30(28(19)32(20(2)39)43-35(3,4)5)25-10-11-27-29-21(13-15-42-27)12-14-36-31(25)29/h8-12,14,16-18,32H,13,15H2,1-7H3. The largest absolute Gasteiger partial charge is 0.493 e. The summed E-state index contributed by atoms with van der Waals surface area (Å²) >= 11 is 0. The molecule has 8 heteroatoms. The van der Waals surface area contributed by atoms with E-state index in [1.807, 2.05) is 46.0 Å². The van der Waals surface area contributed by atoms with Crippen LogP contribution in [-0.4, -0.2) is 47.2 Å². The van der Waals surface area contributed by atoms with Gasteiger partial charge in [-0.2, -0.15) is 4.98 Å². The van der Waals surface area contributed by atoms with E-state index in [0.29, 0.717) is 12.5 Å². The Kier molecular flexibility index (Phi) is 7.26. The maximum atomic E-state index is 13.3. The normalized spacial score (nSPS) is 13.6. The first-order valence-electron chi connectivity index (χ1n) is 14.3. The van der Waals surface area contributed by atoms with Crippen molar-refractivity contribution in [2.24, 2.45) is 0 Å². The summed E-state index contributed by atoms with van der Waals surface area (Å²) in [6.07, 6.45) is 3.61. The van der Waals surface area contributed by atoms with E-state index in [-0.39, 0.29) is 11.8 Å². The molecule has 0 bridgehead atoms. The van der Waals surface area contributed by atoms with E-state index in [2.05, 4.69) is 40.3 Å². The summed E-state index contributed by atoms with van der Waals surface area (Å²) in [5.41, 5.74) is 6.77. The number of carbonyl (C=O) groups excluding carboxylic acids is 1. The number of aromatic nitrogens is 3. The second-order valence-electron chi connectivity index (χ2n) is 11.8. The molecule has 0 N–H and O–H groups in total. The molecule has 0 amide bonds. The molecule has 8 nitrogen and oxygen atoms in total. The number of aryl methyl sites for hydroxylation is 1. The number of hydrogen-bond donors (Lipinski definition) is 0. The van der Waals surface area contributed by atoms with Crippen molar-refractivity contribution in [1.29, 1.82) is 0 Å². The zero-order valence-corrected chi connectivity index (χ0v) is 25.6. The third kappa shape index (κ3) is 5.16. The van der Waals surface area contributed by atoms with Gasteiger partial charge in [0.2, 0.25) is 5.88 Å². The molecule has 0 radical (unpaired) electrons. The van der Waals surface area contributed by atoms with Gasteiger partial charge >= 0.3 is 6.01 Å². The number of ether oxygens (including phenoxy) is 4. The monoisotopic (exact) mass is 577 g/mol. The quantitative estimate of drug-likeness (QED) is 0.200. The van der Waals surface area contributed by atoms with Gasteiger partial charge in [0.1, 0.15) is 11.9 Å². The van der Waals surface area contributed by atoms with Crippen LogP contribution in [0.15, 0.2) is 54.9 Å². The zero-order valence-electron chi connectivity index (χ0n) is 25.6. The van der Waals surface area contributed by atoms with Gasteiger partial charge in [0.05, 0.1) is 37.5 Å². The fraction of sp³-hybridized carbons (Fsp3) is 0.314. The molecule has 220 valence electrons. The number of carbonyl (C=O) groups is 1. The Hall–Kier alpha value is -4.56. The Labute approximate surface area is 251 Å². The number of nitrogens with zero attached hydrogens (tertiary/aromatic N) is 3. The van der Waals surface area contributed by atoms with Crippen molar-refractivity contribution in [1.82, 2.24) is 15.0 Å². The summed E-state index contributed by atoms with van der Waals surface area (Å²) in [6, 6.07) is 14.7. The SMILES string of the molecule is COc1ncc(-c2ccc3c(-c4ccc5c6c(ccnc46)CCO5)c(C(OC(C)(C)C)C(C)=O)c(C)cc3c2)c(OC)n1. The molecule has 1 aliphatic heterocycles. The van der Waals surface area contributed by atoms with E-state index in [4.69, 9.17) is 23.9 Å². The molecule has 5 aromatic rings. The van der Waals surface area contributed by atoms with Crippen molar-refractivity contribution in [3.63, 3.8) is 0 Å². The van der Waals surface area contributed by atoms with Crippen LogP contribution in [0.2, 0.25) is 0 Å². The first kappa shape index (κ1) is 28.6. The first-order chi connectivity index (χ1) is 20.6. The van der Waals surface area contributed by atoms with Crippen LogP contribution in [-0.2, 0) is 16.0 Å². The predicted molar refractivity (Wildman–Crippen MR) is 167 cm³/mol. The molecule has 2 aromatic heterocycles. The summed E-state index contributed by atoms with van der Waals surface area (Å²) < 4.78 is 23.3. The summed E-state index contributed by atoms with van der Waals surface area (Å²) in [5.74, 6) is 1.19. The molecule has 0 saturated heterocycles. The number of benzene rings is 3. The van der Waals surface area contributed by atoms with Crippen LogP contribution >= 0.6 is 0 Å². The number of fused-ring (bicyclic) bond motifs is 1. The van der Waals surface area contributed by atoms with E-state index in [1.165, 1.54) is 12.7 Å². The number of Topliss-reactive ketones (excluding diaryl/α,β-unsaturated/α-hetero) is 1. The van der Waals surface area contributed by atoms with E-state index in [9.17, 15) is 4.79 Å². The fourth-order valence-corrected chi connectivity index (χ4v) is 5.96. The Bertz CT molecular complexity index is 1880. The molecule has 0 spiro atoms. The highest BCUT2D eigenvalue weighted by Gasteiger charge is 2.31. The van der Waals surface area contributed by atoms with Gasteiger partial charge in [0.25, 0.3) is 0 Å². The van der Waals surface area contributed by atoms with Crippen molar-refractivity contribution in [3.8, 4) is 39.9 Å². The topological polar surface area (TPSA) is 92.7 Å². The van der Waals surface area contributed by atoms with Crippen molar-refractivity contribution in [2.75, 3.05) is 20.8 Å². The summed E-state index contributed by atoms with van der Waals surface area (Å²) in [6.45, 7) is 10.2. The minimum absolute atomic E-state index is 0.0608. The molecule has 1 aliphatic rings. The molecule has 1 unspecified atom stereocenters. The molecule has 6 rings (SSSR count). The summed E-state index contributed by atoms with van der Waals surface area (Å²) in [5, 5.41) is 2.97. The van der Waals surface area contributed by atoms with Crippen LogP contribution < -0.4 is 14.2 Å². The molecular formula is C35H35N3O5. The van der Waals surface area contributed by atoms with Crippen molar-refractivity contribution < 1.29 is 23.7 Å². The second kappa shape index (κ2) is 10.9. The van der Waals surface area contributed by atoms with Crippen LogP contribution in [0.25, 0.3) is 43.9 Å². The third-order valence-electron chi connectivity index (χ3n) is 7.75. The molecular weight excluding hydrogens is 542 g/mol. The van der Waals surface area contributed by atoms with Crippen molar-refractivity contribution >= 4 is 27.5 Å². The lowest BCUT2D eigenvalue weighted by atomic mass is 9.84. The number of methoxy groups -OCH3 is 2. The lowest BCUT2D eigenvalue weighted by Gasteiger charge is -2.30. The molecule has 3 aromatic carbocycles. The van der Waals surface area contributed by atoms with Gasteiger partial charge < -0.3 is 18.9 Å². The van der Waals surface area contributed by atoms with Crippen LogP contribution in [0.5, 0.6) is 17.6 Å². The second-order valence-corrected chi connectivity index (χ2v) is 11.8. The van der Waals surface area contributed by atoms with Gasteiger partial charge in [-0.1, -0.05) is 18.2 Å². The number of rotatable bonds is 7. The van der Waals surface area contributed by atoms with Crippen LogP contribution in [0.3, 0.4) is 0 Å². The maximum Gasteiger partial charge on any atom is 0.319 e. The molecule has 3 heterocycles. The molecule has 0 fully saturated rings. The van der Waals surface area contributed by atoms with E-state index >= 15 is 0 Å². The predicted octanol–water partition coefficient (Wildman–Crippen LogP) is 7.22. The van der Waals surface area contributed by atoms with Crippen molar-refractivity contribution in [2.45, 2.75) is 52.7 Å². The minimum atomic E-state index is -0.767. The average molecular weight is 578 g/mol. The zero-order chi connectivity index (χ0) is 30.5. The van der Waals surface area contributed by atoms with Gasteiger partial charge in [-0.15, -0.1) is 0 Å². The fourth-order valence-electron chi connectivity index (χ4n) is 5.96.